The van der Waals surface area contributed by atoms with Gasteiger partial charge in [0, 0.05) is 23.6 Å². The fourth-order valence-electron chi connectivity index (χ4n) is 2.23. The number of carbonyl (C=O) groups is 1. The molecule has 0 bridgehead atoms. The van der Waals surface area contributed by atoms with Crippen molar-refractivity contribution in [3.05, 3.63) is 26.7 Å². The van der Waals surface area contributed by atoms with Gasteiger partial charge < -0.3 is 15.0 Å². The molecule has 1 saturated heterocycles. The fraction of sp³-hybridized carbons (Fsp3) is 0.533. The van der Waals surface area contributed by atoms with Crippen LogP contribution in [0.1, 0.15) is 27.2 Å². The fourth-order valence-corrected chi connectivity index (χ4v) is 3.06. The van der Waals surface area contributed by atoms with Crippen LogP contribution >= 0.6 is 39.1 Å². The molecule has 7 heteroatoms. The Morgan fingerprint density at radius 3 is 2.68 bits per heavy atom. The summed E-state index contributed by atoms with van der Waals surface area (Å²) < 4.78 is 6.14. The molecule has 0 aliphatic carbocycles. The lowest BCUT2D eigenvalue weighted by atomic mass is 10.2. The SMILES string of the molecule is CC(C)(C)OC(=O)N1CCC(Nc2ccc(Br)c(Cl)c2Cl)C1. The van der Waals surface area contributed by atoms with E-state index in [9.17, 15) is 4.79 Å². The summed E-state index contributed by atoms with van der Waals surface area (Å²) in [6.45, 7) is 6.83. The number of nitrogens with zero attached hydrogens (tertiary/aromatic N) is 1. The van der Waals surface area contributed by atoms with Crippen LogP contribution in [0, 0.1) is 0 Å². The molecular formula is C15H19BrCl2N2O2. The van der Waals surface area contributed by atoms with E-state index in [1.54, 1.807) is 4.90 Å². The number of rotatable bonds is 2. The minimum Gasteiger partial charge on any atom is -0.444 e. The number of amides is 1. The quantitative estimate of drug-likeness (QED) is 0.684. The molecule has 0 aromatic heterocycles. The second-order valence-corrected chi connectivity index (χ2v) is 7.89. The van der Waals surface area contributed by atoms with Crippen molar-refractivity contribution in [3.63, 3.8) is 0 Å². The Balaban J connectivity index is 1.97. The van der Waals surface area contributed by atoms with Gasteiger partial charge in [-0.1, -0.05) is 23.2 Å². The number of halogens is 3. The highest BCUT2D eigenvalue weighted by molar-refractivity contribution is 9.10. The third-order valence-corrected chi connectivity index (χ3v) is 5.01. The summed E-state index contributed by atoms with van der Waals surface area (Å²) in [5.74, 6) is 0. The Labute approximate surface area is 149 Å². The van der Waals surface area contributed by atoms with Crippen molar-refractivity contribution in [1.29, 1.82) is 0 Å². The maximum Gasteiger partial charge on any atom is 0.410 e. The van der Waals surface area contributed by atoms with Gasteiger partial charge in [0.15, 0.2) is 0 Å². The van der Waals surface area contributed by atoms with E-state index in [4.69, 9.17) is 27.9 Å². The molecule has 22 heavy (non-hydrogen) atoms. The van der Waals surface area contributed by atoms with Crippen LogP contribution in [0.3, 0.4) is 0 Å². The van der Waals surface area contributed by atoms with Gasteiger partial charge in [-0.05, 0) is 55.3 Å². The predicted molar refractivity (Wildman–Crippen MR) is 94.0 cm³/mol. The average molecular weight is 410 g/mol. The molecule has 0 saturated carbocycles. The Bertz CT molecular complexity index is 575. The normalized spacial score (nSPS) is 18.5. The number of nitrogens with one attached hydrogen (secondary N) is 1. The zero-order valence-corrected chi connectivity index (χ0v) is 15.8. The number of ether oxygens (including phenoxy) is 1. The van der Waals surface area contributed by atoms with E-state index in [-0.39, 0.29) is 12.1 Å². The van der Waals surface area contributed by atoms with Crippen LogP contribution < -0.4 is 5.32 Å². The summed E-state index contributed by atoms with van der Waals surface area (Å²) in [7, 11) is 0. The molecule has 2 rings (SSSR count). The number of anilines is 1. The molecule has 1 fully saturated rings. The Hall–Kier alpha value is -0.650. The second-order valence-electron chi connectivity index (χ2n) is 6.28. The molecule has 1 aliphatic rings. The zero-order valence-electron chi connectivity index (χ0n) is 12.8. The molecule has 1 aromatic carbocycles. The summed E-state index contributed by atoms with van der Waals surface area (Å²) in [6.07, 6.45) is 0.556. The first-order valence-electron chi connectivity index (χ1n) is 7.05. The van der Waals surface area contributed by atoms with Crippen molar-refractivity contribution in [2.24, 2.45) is 0 Å². The van der Waals surface area contributed by atoms with Crippen LogP contribution in [-0.4, -0.2) is 35.7 Å². The van der Waals surface area contributed by atoms with Gasteiger partial charge in [-0.2, -0.15) is 0 Å². The molecule has 0 spiro atoms. The smallest absolute Gasteiger partial charge is 0.410 e. The molecule has 1 heterocycles. The molecule has 1 atom stereocenters. The van der Waals surface area contributed by atoms with E-state index in [0.717, 1.165) is 16.6 Å². The van der Waals surface area contributed by atoms with Crippen molar-refractivity contribution in [2.75, 3.05) is 18.4 Å². The van der Waals surface area contributed by atoms with E-state index in [2.05, 4.69) is 21.2 Å². The van der Waals surface area contributed by atoms with E-state index < -0.39 is 5.60 Å². The molecule has 1 aromatic rings. The lowest BCUT2D eigenvalue weighted by Crippen LogP contribution is -2.36. The van der Waals surface area contributed by atoms with Crippen molar-refractivity contribution in [1.82, 2.24) is 4.90 Å². The minimum atomic E-state index is -0.481. The van der Waals surface area contributed by atoms with Crippen molar-refractivity contribution >= 4 is 50.9 Å². The first-order chi connectivity index (χ1) is 10.2. The third kappa shape index (κ3) is 4.43. The van der Waals surface area contributed by atoms with E-state index in [1.807, 2.05) is 32.9 Å². The molecule has 1 unspecified atom stereocenters. The molecule has 1 amide bonds. The predicted octanol–water partition coefficient (Wildman–Crippen LogP) is 5.18. The summed E-state index contributed by atoms with van der Waals surface area (Å²) in [6, 6.07) is 3.84. The number of likely N-dealkylation sites (tertiary alicyclic amines) is 1. The first-order valence-corrected chi connectivity index (χ1v) is 8.60. The molecular weight excluding hydrogens is 391 g/mol. The highest BCUT2D eigenvalue weighted by Gasteiger charge is 2.30. The molecule has 4 nitrogen and oxygen atoms in total. The van der Waals surface area contributed by atoms with E-state index in [1.165, 1.54) is 0 Å². The standard InChI is InChI=1S/C15H19BrCl2N2O2/c1-15(2,3)22-14(21)20-7-6-9(8-20)19-11-5-4-10(16)12(17)13(11)18/h4-5,9,19H,6-8H2,1-3H3. The number of benzene rings is 1. The van der Waals surface area contributed by atoms with E-state index in [0.29, 0.717) is 23.1 Å². The third-order valence-electron chi connectivity index (χ3n) is 3.23. The van der Waals surface area contributed by atoms with Gasteiger partial charge in [0.1, 0.15) is 5.60 Å². The minimum absolute atomic E-state index is 0.127. The van der Waals surface area contributed by atoms with Crippen LogP contribution in [0.2, 0.25) is 10.0 Å². The van der Waals surface area contributed by atoms with Crippen LogP contribution in [0.25, 0.3) is 0 Å². The van der Waals surface area contributed by atoms with Crippen molar-refractivity contribution < 1.29 is 9.53 Å². The number of hydrogen-bond acceptors (Lipinski definition) is 3. The van der Waals surface area contributed by atoms with Gasteiger partial charge in [0.25, 0.3) is 0 Å². The van der Waals surface area contributed by atoms with Crippen LogP contribution in [-0.2, 0) is 4.74 Å². The monoisotopic (exact) mass is 408 g/mol. The Kier molecular flexibility index (Phi) is 5.51. The van der Waals surface area contributed by atoms with Gasteiger partial charge in [-0.25, -0.2) is 4.79 Å². The summed E-state index contributed by atoms with van der Waals surface area (Å²) in [4.78, 5) is 13.8. The summed E-state index contributed by atoms with van der Waals surface area (Å²) >= 11 is 15.7. The highest BCUT2D eigenvalue weighted by atomic mass is 79.9. The lowest BCUT2D eigenvalue weighted by molar-refractivity contribution is 0.0293. The van der Waals surface area contributed by atoms with Gasteiger partial charge in [-0.15, -0.1) is 0 Å². The number of hydrogen-bond donors (Lipinski definition) is 1. The Morgan fingerprint density at radius 1 is 1.36 bits per heavy atom. The zero-order chi connectivity index (χ0) is 16.5. The van der Waals surface area contributed by atoms with Gasteiger partial charge in [-0.3, -0.25) is 0 Å². The molecule has 1 N–H and O–H groups in total. The Morgan fingerprint density at radius 2 is 2.05 bits per heavy atom. The van der Waals surface area contributed by atoms with E-state index >= 15 is 0 Å². The van der Waals surface area contributed by atoms with Crippen LogP contribution in [0.5, 0.6) is 0 Å². The van der Waals surface area contributed by atoms with Gasteiger partial charge in [0.05, 0.1) is 15.7 Å². The average Bonchev–Trinajstić information content (AvgIpc) is 2.86. The lowest BCUT2D eigenvalue weighted by Gasteiger charge is -2.24. The molecule has 122 valence electrons. The first kappa shape index (κ1) is 17.7. The topological polar surface area (TPSA) is 41.6 Å². The number of carbonyl (C=O) groups excluding carboxylic acids is 1. The largest absolute Gasteiger partial charge is 0.444 e. The second kappa shape index (κ2) is 6.85. The van der Waals surface area contributed by atoms with Crippen LogP contribution in [0.15, 0.2) is 16.6 Å². The summed E-state index contributed by atoms with van der Waals surface area (Å²) in [5.41, 5.74) is 0.288. The summed E-state index contributed by atoms with van der Waals surface area (Å²) in [5, 5.41) is 4.30. The maximum absolute atomic E-state index is 12.0. The van der Waals surface area contributed by atoms with Gasteiger partial charge in [0.2, 0.25) is 0 Å². The van der Waals surface area contributed by atoms with Crippen LogP contribution in [0.4, 0.5) is 10.5 Å². The van der Waals surface area contributed by atoms with Gasteiger partial charge >= 0.3 is 6.09 Å². The molecule has 0 radical (unpaired) electrons. The molecule has 1 aliphatic heterocycles. The van der Waals surface area contributed by atoms with Crippen molar-refractivity contribution in [2.45, 2.75) is 38.8 Å². The maximum atomic E-state index is 12.0. The van der Waals surface area contributed by atoms with Crippen molar-refractivity contribution in [3.8, 4) is 0 Å². The highest BCUT2D eigenvalue weighted by Crippen LogP contribution is 2.36.